The molecule has 1 heterocycles. The summed E-state index contributed by atoms with van der Waals surface area (Å²) < 4.78 is 0. The Labute approximate surface area is 160 Å². The Kier molecular flexibility index (Phi) is 5.69. The predicted octanol–water partition coefficient (Wildman–Crippen LogP) is 3.02. The van der Waals surface area contributed by atoms with Gasteiger partial charge in [0.15, 0.2) is 0 Å². The summed E-state index contributed by atoms with van der Waals surface area (Å²) in [6.45, 7) is 0.244. The van der Waals surface area contributed by atoms with Crippen LogP contribution in [0.15, 0.2) is 59.5 Å². The highest BCUT2D eigenvalue weighted by Gasteiger charge is 2.34. The maximum atomic E-state index is 12.4. The quantitative estimate of drug-likeness (QED) is 0.809. The summed E-state index contributed by atoms with van der Waals surface area (Å²) >= 11 is 0.891. The molecule has 0 aromatic heterocycles. The SMILES string of the molecule is N#Cc1ccc(C(=O)NCCN2C(=O)S/C(=C\c3ccccc3)C2=O)cc1. The number of thioether (sulfide) groups is 1. The molecule has 3 rings (SSSR count). The molecule has 2 aromatic carbocycles. The lowest BCUT2D eigenvalue weighted by atomic mass is 10.1. The van der Waals surface area contributed by atoms with Crippen molar-refractivity contribution in [2.45, 2.75) is 0 Å². The third-order valence-corrected chi connectivity index (χ3v) is 4.78. The Bertz CT molecular complexity index is 947. The van der Waals surface area contributed by atoms with Crippen molar-refractivity contribution in [2.24, 2.45) is 0 Å². The number of amides is 3. The zero-order valence-corrected chi connectivity index (χ0v) is 15.0. The molecule has 0 bridgehead atoms. The number of nitrogens with one attached hydrogen (secondary N) is 1. The molecule has 2 aromatic rings. The lowest BCUT2D eigenvalue weighted by Gasteiger charge is -2.13. The van der Waals surface area contributed by atoms with Crippen LogP contribution in [-0.4, -0.2) is 35.0 Å². The highest BCUT2D eigenvalue weighted by atomic mass is 32.2. The number of carbonyl (C=O) groups excluding carboxylic acids is 3. The van der Waals surface area contributed by atoms with Crippen LogP contribution in [0.25, 0.3) is 6.08 Å². The first-order valence-electron chi connectivity index (χ1n) is 8.17. The summed E-state index contributed by atoms with van der Waals surface area (Å²) in [4.78, 5) is 38.1. The molecule has 1 fully saturated rings. The monoisotopic (exact) mass is 377 g/mol. The maximum Gasteiger partial charge on any atom is 0.293 e. The molecule has 1 saturated heterocycles. The largest absolute Gasteiger partial charge is 0.350 e. The maximum absolute atomic E-state index is 12.4. The lowest BCUT2D eigenvalue weighted by Crippen LogP contribution is -2.37. The number of benzene rings is 2. The first-order valence-corrected chi connectivity index (χ1v) is 8.99. The molecule has 0 spiro atoms. The van der Waals surface area contributed by atoms with Gasteiger partial charge in [-0.15, -0.1) is 0 Å². The van der Waals surface area contributed by atoms with Crippen molar-refractivity contribution in [1.29, 1.82) is 5.26 Å². The minimum absolute atomic E-state index is 0.0960. The number of hydrogen-bond donors (Lipinski definition) is 1. The van der Waals surface area contributed by atoms with E-state index in [9.17, 15) is 14.4 Å². The zero-order chi connectivity index (χ0) is 19.2. The van der Waals surface area contributed by atoms with Crippen molar-refractivity contribution in [1.82, 2.24) is 10.2 Å². The Morgan fingerprint density at radius 1 is 1.11 bits per heavy atom. The summed E-state index contributed by atoms with van der Waals surface area (Å²) in [5, 5.41) is 11.1. The van der Waals surface area contributed by atoms with E-state index in [1.165, 1.54) is 0 Å². The van der Waals surface area contributed by atoms with E-state index in [1.807, 2.05) is 36.4 Å². The molecule has 134 valence electrons. The van der Waals surface area contributed by atoms with Crippen LogP contribution < -0.4 is 5.32 Å². The smallest absolute Gasteiger partial charge is 0.293 e. The average Bonchev–Trinajstić information content (AvgIpc) is 2.96. The van der Waals surface area contributed by atoms with Crippen LogP contribution in [0.5, 0.6) is 0 Å². The van der Waals surface area contributed by atoms with E-state index >= 15 is 0 Å². The predicted molar refractivity (Wildman–Crippen MR) is 103 cm³/mol. The molecule has 6 nitrogen and oxygen atoms in total. The van der Waals surface area contributed by atoms with Crippen LogP contribution >= 0.6 is 11.8 Å². The van der Waals surface area contributed by atoms with Crippen LogP contribution in [0.3, 0.4) is 0 Å². The van der Waals surface area contributed by atoms with E-state index in [2.05, 4.69) is 5.32 Å². The van der Waals surface area contributed by atoms with E-state index in [1.54, 1.807) is 30.3 Å². The third-order valence-electron chi connectivity index (χ3n) is 3.87. The van der Waals surface area contributed by atoms with Crippen LogP contribution in [0, 0.1) is 11.3 Å². The average molecular weight is 377 g/mol. The Hall–Kier alpha value is -3.37. The van der Waals surface area contributed by atoms with Gasteiger partial charge < -0.3 is 5.32 Å². The first kappa shape index (κ1) is 18.4. The molecule has 0 saturated carbocycles. The van der Waals surface area contributed by atoms with E-state index < -0.39 is 0 Å². The number of hydrogen-bond acceptors (Lipinski definition) is 5. The summed E-state index contributed by atoms with van der Waals surface area (Å²) in [6.07, 6.45) is 1.68. The minimum atomic E-state index is -0.360. The van der Waals surface area contributed by atoms with Crippen molar-refractivity contribution in [2.75, 3.05) is 13.1 Å². The van der Waals surface area contributed by atoms with Gasteiger partial charge in [0.25, 0.3) is 17.1 Å². The molecule has 7 heteroatoms. The van der Waals surface area contributed by atoms with Gasteiger partial charge in [-0.05, 0) is 47.7 Å². The summed E-state index contributed by atoms with van der Waals surface area (Å²) in [5.41, 5.74) is 1.72. The summed E-state index contributed by atoms with van der Waals surface area (Å²) in [5.74, 6) is -0.687. The van der Waals surface area contributed by atoms with Gasteiger partial charge in [0.2, 0.25) is 0 Å². The van der Waals surface area contributed by atoms with Crippen LogP contribution in [0.1, 0.15) is 21.5 Å². The Balaban J connectivity index is 1.57. The normalized spacial score (nSPS) is 15.1. The van der Waals surface area contributed by atoms with E-state index in [-0.39, 0.29) is 30.1 Å². The zero-order valence-electron chi connectivity index (χ0n) is 14.2. The van der Waals surface area contributed by atoms with E-state index in [4.69, 9.17) is 5.26 Å². The van der Waals surface area contributed by atoms with Gasteiger partial charge in [0.1, 0.15) is 0 Å². The van der Waals surface area contributed by atoms with Gasteiger partial charge in [-0.25, -0.2) is 0 Å². The molecule has 0 atom stereocenters. The van der Waals surface area contributed by atoms with Gasteiger partial charge in [-0.2, -0.15) is 5.26 Å². The van der Waals surface area contributed by atoms with Crippen molar-refractivity contribution in [3.8, 4) is 6.07 Å². The van der Waals surface area contributed by atoms with Crippen molar-refractivity contribution in [3.63, 3.8) is 0 Å². The fraction of sp³-hybridized carbons (Fsp3) is 0.100. The summed E-state index contributed by atoms with van der Waals surface area (Å²) in [6, 6.07) is 17.5. The Morgan fingerprint density at radius 3 is 2.48 bits per heavy atom. The topological polar surface area (TPSA) is 90.3 Å². The van der Waals surface area contributed by atoms with Gasteiger partial charge in [0.05, 0.1) is 16.5 Å². The molecular weight excluding hydrogens is 362 g/mol. The number of carbonyl (C=O) groups is 3. The number of rotatable bonds is 5. The minimum Gasteiger partial charge on any atom is -0.350 e. The third kappa shape index (κ3) is 4.43. The van der Waals surface area contributed by atoms with Crippen molar-refractivity contribution < 1.29 is 14.4 Å². The molecule has 0 unspecified atom stereocenters. The first-order chi connectivity index (χ1) is 13.1. The van der Waals surface area contributed by atoms with Crippen molar-refractivity contribution in [3.05, 3.63) is 76.2 Å². The second-order valence-corrected chi connectivity index (χ2v) is 6.68. The standard InChI is InChI=1S/C20H15N3O3S/c21-13-15-6-8-16(9-7-15)18(24)22-10-11-23-19(25)17(27-20(23)26)12-14-4-2-1-3-5-14/h1-9,12H,10-11H2,(H,22,24)/b17-12-. The van der Waals surface area contributed by atoms with Crippen LogP contribution in [-0.2, 0) is 4.79 Å². The van der Waals surface area contributed by atoms with E-state index in [0.717, 1.165) is 22.2 Å². The molecule has 3 amide bonds. The molecule has 0 aliphatic carbocycles. The molecule has 27 heavy (non-hydrogen) atoms. The molecule has 0 radical (unpaired) electrons. The van der Waals surface area contributed by atoms with Gasteiger partial charge in [0, 0.05) is 18.7 Å². The molecule has 1 aliphatic rings. The second kappa shape index (κ2) is 8.34. The second-order valence-electron chi connectivity index (χ2n) is 5.69. The molecular formula is C20H15N3O3S. The van der Waals surface area contributed by atoms with Crippen LogP contribution in [0.2, 0.25) is 0 Å². The van der Waals surface area contributed by atoms with Gasteiger partial charge in [-0.3, -0.25) is 19.3 Å². The molecule has 1 aliphatic heterocycles. The highest BCUT2D eigenvalue weighted by Crippen LogP contribution is 2.31. The summed E-state index contributed by atoms with van der Waals surface area (Å²) in [7, 11) is 0. The highest BCUT2D eigenvalue weighted by molar-refractivity contribution is 8.18. The van der Waals surface area contributed by atoms with Gasteiger partial charge >= 0.3 is 0 Å². The Morgan fingerprint density at radius 2 is 1.81 bits per heavy atom. The fourth-order valence-electron chi connectivity index (χ4n) is 2.47. The van der Waals surface area contributed by atoms with Crippen LogP contribution in [0.4, 0.5) is 4.79 Å². The number of nitrogens with zero attached hydrogens (tertiary/aromatic N) is 2. The van der Waals surface area contributed by atoms with Crippen molar-refractivity contribution >= 4 is 34.9 Å². The molecule has 1 N–H and O–H groups in total. The number of imide groups is 1. The lowest BCUT2D eigenvalue weighted by molar-refractivity contribution is -0.122. The fourth-order valence-corrected chi connectivity index (χ4v) is 3.34. The number of nitriles is 1. The van der Waals surface area contributed by atoms with E-state index in [0.29, 0.717) is 16.0 Å². The van der Waals surface area contributed by atoms with Gasteiger partial charge in [-0.1, -0.05) is 30.3 Å².